The van der Waals surface area contributed by atoms with E-state index in [0.29, 0.717) is 23.0 Å². The van der Waals surface area contributed by atoms with E-state index in [2.05, 4.69) is 10.3 Å². The van der Waals surface area contributed by atoms with E-state index < -0.39 is 35.1 Å². The molecule has 1 aliphatic rings. The number of H-pyrrole nitrogens is 1. The van der Waals surface area contributed by atoms with Gasteiger partial charge >= 0.3 is 6.18 Å². The summed E-state index contributed by atoms with van der Waals surface area (Å²) in [5.74, 6) is -1.71. The highest BCUT2D eigenvalue weighted by molar-refractivity contribution is 8.00. The molecule has 1 saturated carbocycles. The summed E-state index contributed by atoms with van der Waals surface area (Å²) in [5.41, 5.74) is -0.0806. The number of alkyl halides is 3. The normalized spacial score (nSPS) is 16.6. The van der Waals surface area contributed by atoms with E-state index in [0.717, 1.165) is 32.1 Å². The van der Waals surface area contributed by atoms with Crippen LogP contribution in [0.5, 0.6) is 0 Å². The topological polar surface area (TPSA) is 79.0 Å². The molecule has 1 unspecified atom stereocenters. The fraction of sp³-hybridized carbons (Fsp3) is 0.632. The average Bonchev–Trinajstić information content (AvgIpc) is 2.57. The SMILES string of the molecule is Cc1cc(C)c(C(=O)CC(SCC(=O)NC2CCCCC2)C(F)(F)F)c(=O)[nH]1. The van der Waals surface area contributed by atoms with Crippen LogP contribution in [-0.4, -0.2) is 39.9 Å². The van der Waals surface area contributed by atoms with E-state index in [1.807, 2.05) is 0 Å². The van der Waals surface area contributed by atoms with E-state index in [4.69, 9.17) is 0 Å². The zero-order valence-corrected chi connectivity index (χ0v) is 16.8. The molecule has 2 N–H and O–H groups in total. The number of rotatable bonds is 7. The predicted octanol–water partition coefficient (Wildman–Crippen LogP) is 3.68. The molecule has 1 aromatic rings. The predicted molar refractivity (Wildman–Crippen MR) is 103 cm³/mol. The zero-order chi connectivity index (χ0) is 20.9. The van der Waals surface area contributed by atoms with Crippen molar-refractivity contribution in [3.63, 3.8) is 0 Å². The van der Waals surface area contributed by atoms with Crippen molar-refractivity contribution in [1.29, 1.82) is 0 Å². The Balaban J connectivity index is 2.01. The fourth-order valence-electron chi connectivity index (χ4n) is 3.43. The van der Waals surface area contributed by atoms with Crippen molar-refractivity contribution < 1.29 is 22.8 Å². The molecule has 1 atom stereocenters. The van der Waals surface area contributed by atoms with Crippen LogP contribution in [0.1, 0.15) is 60.1 Å². The number of halogens is 3. The number of amides is 1. The third kappa shape index (κ3) is 6.39. The minimum atomic E-state index is -4.66. The summed E-state index contributed by atoms with van der Waals surface area (Å²) in [5, 5.41) is 0.724. The van der Waals surface area contributed by atoms with Crippen LogP contribution in [0.3, 0.4) is 0 Å². The van der Waals surface area contributed by atoms with Crippen molar-refractivity contribution in [2.75, 3.05) is 5.75 Å². The van der Waals surface area contributed by atoms with Crippen molar-refractivity contribution in [2.45, 2.75) is 69.8 Å². The van der Waals surface area contributed by atoms with Gasteiger partial charge in [-0.15, -0.1) is 11.8 Å². The van der Waals surface area contributed by atoms with E-state index >= 15 is 0 Å². The molecule has 28 heavy (non-hydrogen) atoms. The van der Waals surface area contributed by atoms with Crippen LogP contribution < -0.4 is 10.9 Å². The van der Waals surface area contributed by atoms with Gasteiger partial charge in [0.05, 0.1) is 11.3 Å². The highest BCUT2D eigenvalue weighted by Crippen LogP contribution is 2.33. The smallest absolute Gasteiger partial charge is 0.353 e. The number of aryl methyl sites for hydroxylation is 2. The summed E-state index contributed by atoms with van der Waals surface area (Å²) in [4.78, 5) is 38.8. The lowest BCUT2D eigenvalue weighted by Crippen LogP contribution is -2.38. The summed E-state index contributed by atoms with van der Waals surface area (Å²) in [6.07, 6.45) is -0.740. The standard InChI is InChI=1S/C19H25F3N2O3S/c1-11-8-12(2)23-18(27)17(11)14(25)9-15(19(20,21)22)28-10-16(26)24-13-6-4-3-5-7-13/h8,13,15H,3-7,9-10H2,1-2H3,(H,23,27)(H,24,26). The fourth-order valence-corrected chi connectivity index (χ4v) is 4.33. The monoisotopic (exact) mass is 418 g/mol. The van der Waals surface area contributed by atoms with Gasteiger partial charge in [-0.3, -0.25) is 14.4 Å². The average molecular weight is 418 g/mol. The Hall–Kier alpha value is -1.77. The second-order valence-electron chi connectivity index (χ2n) is 7.21. The summed E-state index contributed by atoms with van der Waals surface area (Å²) in [6.45, 7) is 3.14. The number of Topliss-reactive ketones (excluding diaryl/α,β-unsaturated/α-hetero) is 1. The molecule has 1 fully saturated rings. The lowest BCUT2D eigenvalue weighted by Gasteiger charge is -2.23. The molecule has 0 spiro atoms. The largest absolute Gasteiger partial charge is 0.401 e. The Bertz CT molecular complexity index is 771. The lowest BCUT2D eigenvalue weighted by molar-refractivity contribution is -0.128. The van der Waals surface area contributed by atoms with Crippen molar-refractivity contribution in [2.24, 2.45) is 0 Å². The quantitative estimate of drug-likeness (QED) is 0.662. The number of carbonyl (C=O) groups is 2. The molecule has 9 heteroatoms. The van der Waals surface area contributed by atoms with Crippen LogP contribution in [0.15, 0.2) is 10.9 Å². The Kier molecular flexibility index (Phi) is 7.74. The number of hydrogen-bond acceptors (Lipinski definition) is 4. The van der Waals surface area contributed by atoms with Crippen molar-refractivity contribution in [3.05, 3.63) is 33.2 Å². The Labute approximate surface area is 165 Å². The number of hydrogen-bond donors (Lipinski definition) is 2. The zero-order valence-electron chi connectivity index (χ0n) is 15.9. The summed E-state index contributed by atoms with van der Waals surface area (Å²) in [6, 6.07) is 1.56. The van der Waals surface area contributed by atoms with Crippen molar-refractivity contribution in [3.8, 4) is 0 Å². The van der Waals surface area contributed by atoms with Crippen LogP contribution >= 0.6 is 11.8 Å². The molecule has 0 saturated heterocycles. The number of ketones is 1. The van der Waals surface area contributed by atoms with Crippen LogP contribution in [0.25, 0.3) is 0 Å². The van der Waals surface area contributed by atoms with Crippen LogP contribution in [0.2, 0.25) is 0 Å². The van der Waals surface area contributed by atoms with Gasteiger partial charge in [-0.2, -0.15) is 13.2 Å². The van der Waals surface area contributed by atoms with Crippen molar-refractivity contribution >= 4 is 23.5 Å². The molecule has 1 amide bonds. The molecule has 2 rings (SSSR count). The molecule has 0 aromatic carbocycles. The number of aromatic amines is 1. The van der Waals surface area contributed by atoms with E-state index in [-0.39, 0.29) is 17.4 Å². The Morgan fingerprint density at radius 2 is 1.89 bits per heavy atom. The van der Waals surface area contributed by atoms with Crippen LogP contribution in [0, 0.1) is 13.8 Å². The van der Waals surface area contributed by atoms with Gasteiger partial charge in [-0.05, 0) is 38.3 Å². The molecular formula is C19H25F3N2O3S. The first-order valence-electron chi connectivity index (χ1n) is 9.29. The first-order chi connectivity index (χ1) is 13.1. The maximum atomic E-state index is 13.4. The molecule has 1 aromatic heterocycles. The molecule has 156 valence electrons. The Morgan fingerprint density at radius 3 is 2.46 bits per heavy atom. The second kappa shape index (κ2) is 9.62. The van der Waals surface area contributed by atoms with Crippen molar-refractivity contribution in [1.82, 2.24) is 10.3 Å². The van der Waals surface area contributed by atoms with Gasteiger partial charge in [0.2, 0.25) is 5.91 Å². The third-order valence-electron chi connectivity index (χ3n) is 4.77. The van der Waals surface area contributed by atoms with Gasteiger partial charge in [-0.1, -0.05) is 19.3 Å². The number of nitrogens with one attached hydrogen (secondary N) is 2. The van der Waals surface area contributed by atoms with E-state index in [1.165, 1.54) is 6.92 Å². The number of thioether (sulfide) groups is 1. The highest BCUT2D eigenvalue weighted by Gasteiger charge is 2.42. The number of pyridine rings is 1. The maximum Gasteiger partial charge on any atom is 0.401 e. The molecule has 5 nitrogen and oxygen atoms in total. The lowest BCUT2D eigenvalue weighted by atomic mass is 9.95. The van der Waals surface area contributed by atoms with Gasteiger partial charge in [0.15, 0.2) is 5.78 Å². The van der Waals surface area contributed by atoms with E-state index in [9.17, 15) is 27.6 Å². The van der Waals surface area contributed by atoms with Crippen LogP contribution in [-0.2, 0) is 4.79 Å². The second-order valence-corrected chi connectivity index (χ2v) is 8.40. The number of carbonyl (C=O) groups excluding carboxylic acids is 2. The van der Waals surface area contributed by atoms with Gasteiger partial charge in [0, 0.05) is 18.2 Å². The molecule has 1 heterocycles. The first-order valence-corrected chi connectivity index (χ1v) is 10.3. The van der Waals surface area contributed by atoms with Crippen LogP contribution in [0.4, 0.5) is 13.2 Å². The van der Waals surface area contributed by atoms with Gasteiger partial charge in [0.25, 0.3) is 5.56 Å². The molecule has 0 bridgehead atoms. The summed E-state index contributed by atoms with van der Waals surface area (Å²) in [7, 11) is 0. The summed E-state index contributed by atoms with van der Waals surface area (Å²) >= 11 is 0.393. The third-order valence-corrected chi connectivity index (χ3v) is 6.03. The van der Waals surface area contributed by atoms with Gasteiger partial charge in [0.1, 0.15) is 5.25 Å². The molecule has 0 radical (unpaired) electrons. The minimum Gasteiger partial charge on any atom is -0.353 e. The number of aromatic nitrogens is 1. The molecule has 0 aliphatic heterocycles. The van der Waals surface area contributed by atoms with Gasteiger partial charge < -0.3 is 10.3 Å². The maximum absolute atomic E-state index is 13.4. The summed E-state index contributed by atoms with van der Waals surface area (Å²) < 4.78 is 40.1. The highest BCUT2D eigenvalue weighted by atomic mass is 32.2. The molecular weight excluding hydrogens is 393 g/mol. The Morgan fingerprint density at radius 1 is 1.25 bits per heavy atom. The van der Waals surface area contributed by atoms with E-state index in [1.54, 1.807) is 13.0 Å². The first kappa shape index (κ1) is 22.5. The van der Waals surface area contributed by atoms with Gasteiger partial charge in [-0.25, -0.2) is 0 Å². The minimum absolute atomic E-state index is 0.0154. The molecule has 1 aliphatic carbocycles.